The van der Waals surface area contributed by atoms with Gasteiger partial charge in [-0.15, -0.1) is 0 Å². The lowest BCUT2D eigenvalue weighted by Crippen LogP contribution is -2.55. The Labute approximate surface area is 134 Å². The molecule has 0 saturated carbocycles. The van der Waals surface area contributed by atoms with Crippen LogP contribution in [0.2, 0.25) is 0 Å². The Kier molecular flexibility index (Phi) is 3.65. The molecule has 1 aromatic heterocycles. The second kappa shape index (κ2) is 5.81. The van der Waals surface area contributed by atoms with Gasteiger partial charge in [0.05, 0.1) is 6.10 Å². The van der Waals surface area contributed by atoms with Gasteiger partial charge in [0.2, 0.25) is 0 Å². The van der Waals surface area contributed by atoms with Crippen molar-refractivity contribution in [2.45, 2.75) is 50.3 Å². The van der Waals surface area contributed by atoms with E-state index in [1.54, 1.807) is 6.07 Å². The molecule has 1 unspecified atom stereocenters. The number of piperidine rings is 2. The molecule has 2 aliphatic rings. The van der Waals surface area contributed by atoms with Gasteiger partial charge in [0.15, 0.2) is 11.5 Å². The van der Waals surface area contributed by atoms with E-state index < -0.39 is 0 Å². The molecule has 2 fully saturated rings. The third-order valence-corrected chi connectivity index (χ3v) is 4.97. The van der Waals surface area contributed by atoms with E-state index >= 15 is 0 Å². The van der Waals surface area contributed by atoms with E-state index in [1.807, 2.05) is 35.2 Å². The van der Waals surface area contributed by atoms with Crippen LogP contribution in [0.1, 0.15) is 42.6 Å². The number of hydrogen-bond acceptors (Lipinski definition) is 4. The van der Waals surface area contributed by atoms with Crippen molar-refractivity contribution in [3.63, 3.8) is 0 Å². The molecule has 1 amide bonds. The van der Waals surface area contributed by atoms with Crippen LogP contribution < -0.4 is 0 Å². The third-order valence-electron chi connectivity index (χ3n) is 4.97. The van der Waals surface area contributed by atoms with Gasteiger partial charge in [-0.2, -0.15) is 0 Å². The molecule has 1 N–H and O–H groups in total. The maximum absolute atomic E-state index is 12.9. The van der Waals surface area contributed by atoms with Crippen LogP contribution >= 0.6 is 0 Å². The number of aliphatic hydroxyl groups excluding tert-OH is 1. The maximum Gasteiger partial charge on any atom is 0.276 e. The molecule has 2 saturated heterocycles. The zero-order valence-electron chi connectivity index (χ0n) is 12.9. The minimum atomic E-state index is -0.286. The summed E-state index contributed by atoms with van der Waals surface area (Å²) in [5, 5.41) is 14.0. The average molecular weight is 312 g/mol. The zero-order chi connectivity index (χ0) is 15.8. The number of fused-ring (bicyclic) bond motifs is 2. The number of aromatic nitrogens is 1. The molecule has 3 atom stereocenters. The molecule has 5 heteroatoms. The Bertz CT molecular complexity index is 683. The van der Waals surface area contributed by atoms with Gasteiger partial charge in [0.1, 0.15) is 0 Å². The van der Waals surface area contributed by atoms with Gasteiger partial charge in [-0.05, 0) is 32.1 Å². The van der Waals surface area contributed by atoms with Crippen LogP contribution in [0.15, 0.2) is 40.9 Å². The Hall–Kier alpha value is -2.14. The fourth-order valence-corrected chi connectivity index (χ4v) is 3.93. The lowest BCUT2D eigenvalue weighted by atomic mass is 9.82. The first kappa shape index (κ1) is 14.5. The minimum absolute atomic E-state index is 0.0717. The summed E-state index contributed by atoms with van der Waals surface area (Å²) in [5.41, 5.74) is 1.27. The smallest absolute Gasteiger partial charge is 0.276 e. The van der Waals surface area contributed by atoms with Crippen LogP contribution in [0.4, 0.5) is 0 Å². The number of rotatable bonds is 2. The van der Waals surface area contributed by atoms with Crippen molar-refractivity contribution >= 4 is 5.91 Å². The van der Waals surface area contributed by atoms with E-state index in [-0.39, 0.29) is 24.1 Å². The van der Waals surface area contributed by atoms with Crippen molar-refractivity contribution in [2.24, 2.45) is 0 Å². The second-order valence-corrected chi connectivity index (χ2v) is 6.52. The van der Waals surface area contributed by atoms with E-state index in [4.69, 9.17) is 4.52 Å². The summed E-state index contributed by atoms with van der Waals surface area (Å²) in [5.74, 6) is 0.536. The Morgan fingerprint density at radius 1 is 1.17 bits per heavy atom. The predicted octanol–water partition coefficient (Wildman–Crippen LogP) is 2.86. The Balaban J connectivity index is 1.59. The number of benzene rings is 1. The van der Waals surface area contributed by atoms with Crippen LogP contribution in [-0.4, -0.2) is 39.3 Å². The number of aliphatic hydroxyl groups is 1. The summed E-state index contributed by atoms with van der Waals surface area (Å²) in [6.07, 6.45) is 4.11. The molecule has 0 radical (unpaired) electrons. The molecule has 0 spiro atoms. The molecular formula is C18H20N2O3. The van der Waals surface area contributed by atoms with E-state index in [0.29, 0.717) is 24.3 Å². The van der Waals surface area contributed by atoms with Crippen molar-refractivity contribution in [1.82, 2.24) is 10.1 Å². The lowest BCUT2D eigenvalue weighted by molar-refractivity contribution is -0.0156. The van der Waals surface area contributed by atoms with E-state index in [2.05, 4.69) is 5.16 Å². The van der Waals surface area contributed by atoms with Crippen LogP contribution in [0.25, 0.3) is 11.3 Å². The van der Waals surface area contributed by atoms with E-state index in [0.717, 1.165) is 24.8 Å². The maximum atomic E-state index is 12.9. The molecule has 120 valence electrons. The van der Waals surface area contributed by atoms with Crippen molar-refractivity contribution in [2.75, 3.05) is 0 Å². The summed E-state index contributed by atoms with van der Waals surface area (Å²) in [7, 11) is 0. The van der Waals surface area contributed by atoms with Gasteiger partial charge in [-0.3, -0.25) is 4.79 Å². The monoisotopic (exact) mass is 312 g/mol. The summed E-state index contributed by atoms with van der Waals surface area (Å²) >= 11 is 0. The number of hydrogen-bond donors (Lipinski definition) is 1. The third kappa shape index (κ3) is 2.65. The van der Waals surface area contributed by atoms with Crippen molar-refractivity contribution in [1.29, 1.82) is 0 Å². The fraction of sp³-hybridized carbons (Fsp3) is 0.444. The van der Waals surface area contributed by atoms with Gasteiger partial charge >= 0.3 is 0 Å². The van der Waals surface area contributed by atoms with Crippen LogP contribution in [-0.2, 0) is 0 Å². The van der Waals surface area contributed by atoms with Crippen LogP contribution in [0.3, 0.4) is 0 Å². The second-order valence-electron chi connectivity index (χ2n) is 6.52. The van der Waals surface area contributed by atoms with Gasteiger partial charge in [-0.25, -0.2) is 0 Å². The van der Waals surface area contributed by atoms with Crippen LogP contribution in [0, 0.1) is 0 Å². The molecule has 2 aromatic rings. The topological polar surface area (TPSA) is 66.6 Å². The summed E-state index contributed by atoms with van der Waals surface area (Å²) < 4.78 is 5.36. The highest BCUT2D eigenvalue weighted by molar-refractivity contribution is 5.93. The minimum Gasteiger partial charge on any atom is -0.393 e. The van der Waals surface area contributed by atoms with E-state index in [1.165, 1.54) is 0 Å². The standard InChI is InChI=1S/C18H20N2O3/c21-15-9-13-7-4-8-14(10-15)20(13)18(22)16-11-17(23-19-16)12-5-2-1-3-6-12/h1-3,5-6,11,13-15,21H,4,7-10H2/t13-,14+,15?. The number of carbonyl (C=O) groups excluding carboxylic acids is 1. The fourth-order valence-electron chi connectivity index (χ4n) is 3.93. The number of carbonyl (C=O) groups is 1. The molecule has 4 rings (SSSR count). The van der Waals surface area contributed by atoms with Crippen molar-refractivity contribution < 1.29 is 14.4 Å². The quantitative estimate of drug-likeness (QED) is 0.926. The SMILES string of the molecule is O=C(c1cc(-c2ccccc2)on1)N1[C@@H]2CCC[C@H]1CC(O)C2. The van der Waals surface area contributed by atoms with Crippen LogP contribution in [0.5, 0.6) is 0 Å². The number of nitrogens with zero attached hydrogens (tertiary/aromatic N) is 2. The van der Waals surface area contributed by atoms with Gasteiger partial charge in [0, 0.05) is 23.7 Å². The molecule has 0 aliphatic carbocycles. The summed E-state index contributed by atoms with van der Waals surface area (Å²) in [6.45, 7) is 0. The summed E-state index contributed by atoms with van der Waals surface area (Å²) in [6, 6.07) is 11.6. The van der Waals surface area contributed by atoms with E-state index in [9.17, 15) is 9.90 Å². The first-order valence-electron chi connectivity index (χ1n) is 8.25. The normalized spacial score (nSPS) is 27.0. The highest BCUT2D eigenvalue weighted by Crippen LogP contribution is 2.35. The Morgan fingerprint density at radius 3 is 2.57 bits per heavy atom. The first-order valence-corrected chi connectivity index (χ1v) is 8.25. The molecule has 3 heterocycles. The molecule has 2 bridgehead atoms. The average Bonchev–Trinajstić information content (AvgIpc) is 3.04. The summed E-state index contributed by atoms with van der Waals surface area (Å²) in [4.78, 5) is 14.8. The van der Waals surface area contributed by atoms with Gasteiger partial charge in [0.25, 0.3) is 5.91 Å². The molecule has 2 aliphatic heterocycles. The molecule has 23 heavy (non-hydrogen) atoms. The van der Waals surface area contributed by atoms with Crippen molar-refractivity contribution in [3.05, 3.63) is 42.1 Å². The molecule has 5 nitrogen and oxygen atoms in total. The first-order chi connectivity index (χ1) is 11.2. The van der Waals surface area contributed by atoms with Gasteiger partial charge < -0.3 is 14.5 Å². The van der Waals surface area contributed by atoms with Gasteiger partial charge in [-0.1, -0.05) is 35.5 Å². The highest BCUT2D eigenvalue weighted by atomic mass is 16.5. The lowest BCUT2D eigenvalue weighted by Gasteiger charge is -2.47. The molecule has 1 aromatic carbocycles. The Morgan fingerprint density at radius 2 is 1.87 bits per heavy atom. The molecular weight excluding hydrogens is 292 g/mol. The predicted molar refractivity (Wildman–Crippen MR) is 84.8 cm³/mol. The van der Waals surface area contributed by atoms with Crippen molar-refractivity contribution in [3.8, 4) is 11.3 Å². The zero-order valence-corrected chi connectivity index (χ0v) is 12.9. The highest BCUT2D eigenvalue weighted by Gasteiger charge is 2.41. The number of amides is 1. The largest absolute Gasteiger partial charge is 0.393 e.